The van der Waals surface area contributed by atoms with Crippen molar-refractivity contribution in [2.45, 2.75) is 19.4 Å². The van der Waals surface area contributed by atoms with Gasteiger partial charge in [0.1, 0.15) is 5.75 Å². The molecular formula is C23H25N3O5. The van der Waals surface area contributed by atoms with E-state index in [2.05, 4.69) is 10.4 Å². The molecule has 8 nitrogen and oxygen atoms in total. The van der Waals surface area contributed by atoms with Gasteiger partial charge in [-0.2, -0.15) is 5.10 Å². The Balaban J connectivity index is 1.55. The maximum Gasteiger partial charge on any atom is 0.363 e. The Hall–Kier alpha value is -3.81. The monoisotopic (exact) mass is 423 g/mol. The third-order valence-electron chi connectivity index (χ3n) is 4.64. The average Bonchev–Trinajstić information content (AvgIpc) is 3.25. The summed E-state index contributed by atoms with van der Waals surface area (Å²) < 4.78 is 17.2. The van der Waals surface area contributed by atoms with Crippen molar-refractivity contribution in [2.75, 3.05) is 20.8 Å². The topological polar surface area (TPSA) is 91.7 Å². The lowest BCUT2D eigenvalue weighted by atomic mass is 10.1. The van der Waals surface area contributed by atoms with Crippen LogP contribution in [0.1, 0.15) is 23.0 Å². The molecule has 0 saturated heterocycles. The number of para-hydroxylation sites is 1. The molecule has 0 aliphatic heterocycles. The molecule has 0 unspecified atom stereocenters. The Morgan fingerprint density at radius 3 is 2.39 bits per heavy atom. The first-order chi connectivity index (χ1) is 15.0. The molecule has 1 amide bonds. The summed E-state index contributed by atoms with van der Waals surface area (Å²) >= 11 is 0. The normalized spacial score (nSPS) is 11.5. The van der Waals surface area contributed by atoms with Crippen LogP contribution in [0, 0.1) is 0 Å². The second-order valence-corrected chi connectivity index (χ2v) is 6.76. The minimum Gasteiger partial charge on any atom is -0.497 e. The SMILES string of the molecule is COc1ccc(CCNC(=O)[C@@H](C)OC(=O)c2nn(-c3ccccc3)cc2OC)cc1. The molecule has 2 aromatic carbocycles. The number of ether oxygens (including phenoxy) is 3. The fourth-order valence-electron chi connectivity index (χ4n) is 2.90. The van der Waals surface area contributed by atoms with Gasteiger partial charge in [-0.25, -0.2) is 9.48 Å². The van der Waals surface area contributed by atoms with Crippen LogP contribution in [0.2, 0.25) is 0 Å². The third-order valence-corrected chi connectivity index (χ3v) is 4.64. The van der Waals surface area contributed by atoms with Crippen LogP contribution in [0.25, 0.3) is 5.69 Å². The summed E-state index contributed by atoms with van der Waals surface area (Å²) in [5.74, 6) is -0.0768. The predicted molar refractivity (Wildman–Crippen MR) is 115 cm³/mol. The Morgan fingerprint density at radius 2 is 1.74 bits per heavy atom. The lowest BCUT2D eigenvalue weighted by molar-refractivity contribution is -0.129. The van der Waals surface area contributed by atoms with Gasteiger partial charge in [-0.3, -0.25) is 4.79 Å². The van der Waals surface area contributed by atoms with Crippen LogP contribution >= 0.6 is 0 Å². The summed E-state index contributed by atoms with van der Waals surface area (Å²) in [6.07, 6.45) is 1.26. The van der Waals surface area contributed by atoms with Crippen molar-refractivity contribution in [1.82, 2.24) is 15.1 Å². The second-order valence-electron chi connectivity index (χ2n) is 6.76. The Bertz CT molecular complexity index is 1020. The molecule has 1 heterocycles. The molecule has 0 aliphatic rings. The summed E-state index contributed by atoms with van der Waals surface area (Å²) in [4.78, 5) is 24.9. The number of carbonyl (C=O) groups excluding carboxylic acids is 2. The average molecular weight is 423 g/mol. The van der Waals surface area contributed by atoms with E-state index in [1.165, 1.54) is 18.7 Å². The highest BCUT2D eigenvalue weighted by Crippen LogP contribution is 2.20. The van der Waals surface area contributed by atoms with Gasteiger partial charge in [0.15, 0.2) is 11.9 Å². The summed E-state index contributed by atoms with van der Waals surface area (Å²) in [6, 6.07) is 16.9. The Labute approximate surface area is 180 Å². The first-order valence-electron chi connectivity index (χ1n) is 9.82. The molecule has 0 spiro atoms. The van der Waals surface area contributed by atoms with Crippen molar-refractivity contribution in [1.29, 1.82) is 0 Å². The molecule has 0 fully saturated rings. The van der Waals surface area contributed by atoms with Crippen molar-refractivity contribution in [2.24, 2.45) is 0 Å². The highest BCUT2D eigenvalue weighted by Gasteiger charge is 2.24. The number of esters is 1. The minimum atomic E-state index is -0.977. The molecule has 3 aromatic rings. The van der Waals surface area contributed by atoms with Crippen molar-refractivity contribution in [3.8, 4) is 17.2 Å². The zero-order chi connectivity index (χ0) is 22.2. The van der Waals surface area contributed by atoms with E-state index in [1.807, 2.05) is 54.6 Å². The van der Waals surface area contributed by atoms with E-state index >= 15 is 0 Å². The zero-order valence-electron chi connectivity index (χ0n) is 17.7. The van der Waals surface area contributed by atoms with Crippen LogP contribution < -0.4 is 14.8 Å². The molecule has 162 valence electrons. The number of hydrogen-bond acceptors (Lipinski definition) is 6. The standard InChI is InChI=1S/C23H25N3O5/c1-16(22(27)24-14-13-17-9-11-19(29-2)12-10-17)31-23(28)21-20(30-3)15-26(25-21)18-7-5-4-6-8-18/h4-12,15-16H,13-14H2,1-3H3,(H,24,27)/t16-/m1/s1. The molecule has 1 aromatic heterocycles. The highest BCUT2D eigenvalue weighted by atomic mass is 16.6. The third kappa shape index (κ3) is 5.63. The zero-order valence-corrected chi connectivity index (χ0v) is 17.7. The summed E-state index contributed by atoms with van der Waals surface area (Å²) in [5, 5.41) is 7.03. The number of amides is 1. The number of rotatable bonds is 9. The fourth-order valence-corrected chi connectivity index (χ4v) is 2.90. The molecule has 0 radical (unpaired) electrons. The van der Waals surface area contributed by atoms with Crippen LogP contribution in [-0.2, 0) is 16.0 Å². The number of carbonyl (C=O) groups is 2. The summed E-state index contributed by atoms with van der Waals surface area (Å²) in [5.41, 5.74) is 1.83. The number of benzene rings is 2. The minimum absolute atomic E-state index is 0.00392. The Morgan fingerprint density at radius 1 is 1.03 bits per heavy atom. The molecule has 1 atom stereocenters. The smallest absolute Gasteiger partial charge is 0.363 e. The Kier molecular flexibility index (Phi) is 7.26. The molecule has 3 rings (SSSR count). The summed E-state index contributed by atoms with van der Waals surface area (Å²) in [6.45, 7) is 1.93. The van der Waals surface area contributed by atoms with Gasteiger partial charge in [0.05, 0.1) is 26.1 Å². The second kappa shape index (κ2) is 10.3. The first-order valence-corrected chi connectivity index (χ1v) is 9.82. The highest BCUT2D eigenvalue weighted by molar-refractivity contribution is 5.92. The maximum absolute atomic E-state index is 12.6. The lowest BCUT2D eigenvalue weighted by Crippen LogP contribution is -2.37. The van der Waals surface area contributed by atoms with Crippen LogP contribution in [0.15, 0.2) is 60.8 Å². The number of hydrogen-bond donors (Lipinski definition) is 1. The molecule has 31 heavy (non-hydrogen) atoms. The quantitative estimate of drug-likeness (QED) is 0.532. The molecule has 1 N–H and O–H groups in total. The van der Waals surface area contributed by atoms with Gasteiger partial charge in [0.2, 0.25) is 5.69 Å². The molecule has 0 saturated carbocycles. The molecule has 8 heteroatoms. The number of aromatic nitrogens is 2. The van der Waals surface area contributed by atoms with Crippen LogP contribution in [0.4, 0.5) is 0 Å². The van der Waals surface area contributed by atoms with E-state index in [1.54, 1.807) is 13.3 Å². The molecule has 0 bridgehead atoms. The van der Waals surface area contributed by atoms with E-state index in [9.17, 15) is 9.59 Å². The van der Waals surface area contributed by atoms with Gasteiger partial charge < -0.3 is 19.5 Å². The van der Waals surface area contributed by atoms with Gasteiger partial charge >= 0.3 is 5.97 Å². The van der Waals surface area contributed by atoms with Crippen molar-refractivity contribution in [3.63, 3.8) is 0 Å². The van der Waals surface area contributed by atoms with Gasteiger partial charge in [-0.05, 0) is 43.2 Å². The number of nitrogens with zero attached hydrogens (tertiary/aromatic N) is 2. The van der Waals surface area contributed by atoms with E-state index in [-0.39, 0.29) is 17.4 Å². The largest absolute Gasteiger partial charge is 0.497 e. The van der Waals surface area contributed by atoms with E-state index < -0.39 is 12.1 Å². The van der Waals surface area contributed by atoms with E-state index in [0.29, 0.717) is 13.0 Å². The predicted octanol–water partition coefficient (Wildman–Crippen LogP) is 2.79. The van der Waals surface area contributed by atoms with Crippen molar-refractivity contribution >= 4 is 11.9 Å². The van der Waals surface area contributed by atoms with Crippen LogP contribution in [-0.4, -0.2) is 48.5 Å². The molecule has 0 aliphatic carbocycles. The summed E-state index contributed by atoms with van der Waals surface area (Å²) in [7, 11) is 3.05. The first kappa shape index (κ1) is 21.9. The van der Waals surface area contributed by atoms with Crippen molar-refractivity contribution in [3.05, 3.63) is 72.1 Å². The molecular weight excluding hydrogens is 398 g/mol. The van der Waals surface area contributed by atoms with Crippen LogP contribution in [0.5, 0.6) is 11.5 Å². The number of methoxy groups -OCH3 is 2. The fraction of sp³-hybridized carbons (Fsp3) is 0.261. The van der Waals surface area contributed by atoms with Gasteiger partial charge in [0, 0.05) is 6.54 Å². The van der Waals surface area contributed by atoms with Crippen LogP contribution in [0.3, 0.4) is 0 Å². The van der Waals surface area contributed by atoms with Crippen molar-refractivity contribution < 1.29 is 23.8 Å². The maximum atomic E-state index is 12.6. The van der Waals surface area contributed by atoms with Gasteiger partial charge in [-0.15, -0.1) is 0 Å². The van der Waals surface area contributed by atoms with E-state index in [4.69, 9.17) is 14.2 Å². The lowest BCUT2D eigenvalue weighted by Gasteiger charge is -2.13. The van der Waals surface area contributed by atoms with E-state index in [0.717, 1.165) is 17.0 Å². The van der Waals surface area contributed by atoms with Gasteiger partial charge in [0.25, 0.3) is 5.91 Å². The number of nitrogens with one attached hydrogen (secondary N) is 1. The van der Waals surface area contributed by atoms with Gasteiger partial charge in [-0.1, -0.05) is 30.3 Å².